The van der Waals surface area contributed by atoms with Crippen LogP contribution in [0.15, 0.2) is 67.3 Å². The minimum Gasteiger partial charge on any atom is -0.508 e. The van der Waals surface area contributed by atoms with Crippen molar-refractivity contribution in [1.82, 2.24) is 30.9 Å². The third-order valence-electron chi connectivity index (χ3n) is 7.37. The van der Waals surface area contributed by atoms with E-state index in [1.807, 2.05) is 24.3 Å². The average Bonchev–Trinajstić information content (AvgIpc) is 3.69. The number of aromatic nitrogens is 3. The number of aromatic hydroxyl groups is 1. The van der Waals surface area contributed by atoms with Crippen molar-refractivity contribution >= 4 is 40.5 Å². The summed E-state index contributed by atoms with van der Waals surface area (Å²) < 4.78 is 0. The van der Waals surface area contributed by atoms with E-state index in [0.717, 1.165) is 16.5 Å². The summed E-state index contributed by atoms with van der Waals surface area (Å²) in [5.74, 6) is -4.36. The predicted octanol–water partition coefficient (Wildman–Crippen LogP) is -0.244. The molecule has 4 aromatic rings. The molecule has 15 heteroatoms. The van der Waals surface area contributed by atoms with Gasteiger partial charge in [0.1, 0.15) is 23.9 Å². The van der Waals surface area contributed by atoms with Gasteiger partial charge in [0.2, 0.25) is 23.6 Å². The lowest BCUT2D eigenvalue weighted by Crippen LogP contribution is -2.58. The highest BCUT2D eigenvalue weighted by molar-refractivity contribution is 5.95. The lowest BCUT2D eigenvalue weighted by molar-refractivity contribution is -0.142. The highest BCUT2D eigenvalue weighted by atomic mass is 16.4. The Morgan fingerprint density at radius 3 is 2.17 bits per heavy atom. The molecule has 4 atom stereocenters. The number of fused-ring (bicyclic) bond motifs is 1. The normalized spacial score (nSPS) is 13.7. The topological polar surface area (TPSA) is 258 Å². The van der Waals surface area contributed by atoms with Crippen molar-refractivity contribution in [3.8, 4) is 5.75 Å². The second-order valence-electron chi connectivity index (χ2n) is 10.8. The third kappa shape index (κ3) is 9.15. The summed E-state index contributed by atoms with van der Waals surface area (Å²) in [6.45, 7) is 0. The number of phenolic OH excluding ortho intramolecular Hbond substituents is 1. The molecular weight excluding hydrogens is 596 g/mol. The van der Waals surface area contributed by atoms with Crippen LogP contribution in [0.4, 0.5) is 0 Å². The molecule has 0 bridgehead atoms. The number of primary amides is 1. The minimum atomic E-state index is -1.40. The number of imidazole rings is 1. The number of hydrogen-bond acceptors (Lipinski definition) is 8. The summed E-state index contributed by atoms with van der Waals surface area (Å²) in [7, 11) is 0. The molecule has 0 aliphatic carbocycles. The number of carboxylic acid groups (broad SMARTS) is 1. The molecule has 46 heavy (non-hydrogen) atoms. The van der Waals surface area contributed by atoms with Crippen molar-refractivity contribution in [2.24, 2.45) is 11.5 Å². The first kappa shape index (κ1) is 33.2. The molecule has 242 valence electrons. The smallest absolute Gasteiger partial charge is 0.326 e. The first-order valence-electron chi connectivity index (χ1n) is 14.5. The van der Waals surface area contributed by atoms with Crippen LogP contribution >= 0.6 is 0 Å². The molecule has 0 spiro atoms. The van der Waals surface area contributed by atoms with Crippen LogP contribution in [-0.4, -0.2) is 78.9 Å². The van der Waals surface area contributed by atoms with Crippen LogP contribution in [0.3, 0.4) is 0 Å². The Morgan fingerprint density at radius 2 is 1.50 bits per heavy atom. The van der Waals surface area contributed by atoms with Gasteiger partial charge >= 0.3 is 5.97 Å². The number of H-pyrrole nitrogens is 2. The van der Waals surface area contributed by atoms with E-state index in [1.165, 1.54) is 36.8 Å². The van der Waals surface area contributed by atoms with E-state index in [9.17, 15) is 34.2 Å². The summed E-state index contributed by atoms with van der Waals surface area (Å²) in [5.41, 5.74) is 14.3. The van der Waals surface area contributed by atoms with E-state index in [4.69, 9.17) is 11.5 Å². The van der Waals surface area contributed by atoms with Gasteiger partial charge in [-0.3, -0.25) is 19.2 Å². The third-order valence-corrected chi connectivity index (χ3v) is 7.37. The highest BCUT2D eigenvalue weighted by Gasteiger charge is 2.31. The fraction of sp³-hybridized carbons (Fsp3) is 0.290. The molecule has 2 heterocycles. The van der Waals surface area contributed by atoms with Crippen molar-refractivity contribution in [2.75, 3.05) is 0 Å². The molecule has 15 nitrogen and oxygen atoms in total. The number of hydrogen-bond donors (Lipinski definition) is 9. The van der Waals surface area contributed by atoms with Crippen molar-refractivity contribution < 1.29 is 34.2 Å². The number of benzene rings is 2. The summed E-state index contributed by atoms with van der Waals surface area (Å²) in [6, 6.07) is 8.30. The van der Waals surface area contributed by atoms with Crippen molar-refractivity contribution in [1.29, 1.82) is 0 Å². The Hall–Kier alpha value is -5.70. The Bertz CT molecular complexity index is 1670. The van der Waals surface area contributed by atoms with E-state index in [2.05, 4.69) is 30.9 Å². The zero-order valence-corrected chi connectivity index (χ0v) is 24.7. The van der Waals surface area contributed by atoms with E-state index in [-0.39, 0.29) is 37.9 Å². The van der Waals surface area contributed by atoms with Crippen molar-refractivity contribution in [3.63, 3.8) is 0 Å². The Balaban J connectivity index is 1.48. The monoisotopic (exact) mass is 632 g/mol. The van der Waals surface area contributed by atoms with Crippen LogP contribution in [0.2, 0.25) is 0 Å². The van der Waals surface area contributed by atoms with Gasteiger partial charge < -0.3 is 47.6 Å². The van der Waals surface area contributed by atoms with Gasteiger partial charge in [0, 0.05) is 48.3 Å². The standard InChI is InChI=1S/C31H36N8O7/c32-22(12-18-14-35-23-4-2-1-3-21(18)23)28(42)38-25(13-19-15-34-16-36-19)30(44)37-24(9-10-27(33)41)29(43)39-26(31(45)46)11-17-5-7-20(40)8-6-17/h1-8,14-16,22,24-26,35,40H,9-13,32H2,(H2,33,41)(H,34,36)(H,37,44)(H,38,42)(H,39,43)(H,45,46). The Labute approximate surface area is 263 Å². The van der Waals surface area contributed by atoms with Gasteiger partial charge in [0.25, 0.3) is 0 Å². The molecule has 0 saturated heterocycles. The number of amides is 4. The van der Waals surface area contributed by atoms with Crippen LogP contribution in [0, 0.1) is 0 Å². The molecule has 2 aromatic carbocycles. The number of rotatable bonds is 16. The number of aromatic amines is 2. The summed E-state index contributed by atoms with van der Waals surface area (Å²) in [6.07, 6.45) is 4.12. The molecule has 11 N–H and O–H groups in total. The van der Waals surface area contributed by atoms with Gasteiger partial charge in [-0.15, -0.1) is 0 Å². The summed E-state index contributed by atoms with van der Waals surface area (Å²) in [4.78, 5) is 73.6. The van der Waals surface area contributed by atoms with Gasteiger partial charge in [-0.1, -0.05) is 30.3 Å². The maximum atomic E-state index is 13.6. The van der Waals surface area contributed by atoms with Crippen LogP contribution in [0.25, 0.3) is 10.9 Å². The van der Waals surface area contributed by atoms with Crippen LogP contribution in [-0.2, 0) is 43.2 Å². The van der Waals surface area contributed by atoms with E-state index >= 15 is 0 Å². The molecule has 4 amide bonds. The largest absolute Gasteiger partial charge is 0.508 e. The zero-order valence-electron chi connectivity index (χ0n) is 24.7. The number of aliphatic carboxylic acids is 1. The van der Waals surface area contributed by atoms with Crippen molar-refractivity contribution in [2.45, 2.75) is 56.3 Å². The molecule has 4 unspecified atom stereocenters. The van der Waals surface area contributed by atoms with Gasteiger partial charge in [-0.05, 0) is 42.2 Å². The lowest BCUT2D eigenvalue weighted by atomic mass is 10.0. The molecule has 0 saturated carbocycles. The fourth-order valence-electron chi connectivity index (χ4n) is 4.90. The number of nitrogens with one attached hydrogen (secondary N) is 5. The number of carbonyl (C=O) groups excluding carboxylic acids is 4. The predicted molar refractivity (Wildman–Crippen MR) is 166 cm³/mol. The number of nitrogens with two attached hydrogens (primary N) is 2. The molecule has 2 aromatic heterocycles. The number of carbonyl (C=O) groups is 5. The fourth-order valence-corrected chi connectivity index (χ4v) is 4.90. The minimum absolute atomic E-state index is 0.00964. The van der Waals surface area contributed by atoms with Gasteiger partial charge in [0.15, 0.2) is 0 Å². The summed E-state index contributed by atoms with van der Waals surface area (Å²) in [5, 5.41) is 27.8. The Morgan fingerprint density at radius 1 is 0.826 bits per heavy atom. The van der Waals surface area contributed by atoms with Gasteiger partial charge in [-0.25, -0.2) is 9.78 Å². The SMILES string of the molecule is NC(=O)CCC(NC(=O)C(Cc1cnc[nH]1)NC(=O)C(N)Cc1c[nH]c2ccccc12)C(=O)NC(Cc1ccc(O)cc1)C(=O)O. The number of phenols is 1. The molecule has 4 rings (SSSR count). The number of para-hydroxylation sites is 1. The lowest BCUT2D eigenvalue weighted by Gasteiger charge is -2.25. The highest BCUT2D eigenvalue weighted by Crippen LogP contribution is 2.19. The second-order valence-corrected chi connectivity index (χ2v) is 10.8. The van der Waals surface area contributed by atoms with E-state index in [0.29, 0.717) is 11.3 Å². The summed E-state index contributed by atoms with van der Waals surface area (Å²) >= 11 is 0. The average molecular weight is 633 g/mol. The maximum absolute atomic E-state index is 13.6. The quantitative estimate of drug-likeness (QED) is 0.0788. The first-order chi connectivity index (χ1) is 22.0. The van der Waals surface area contributed by atoms with Gasteiger partial charge in [0.05, 0.1) is 12.4 Å². The zero-order chi connectivity index (χ0) is 33.2. The Kier molecular flexibility index (Phi) is 11.1. The molecule has 0 radical (unpaired) electrons. The number of nitrogens with zero attached hydrogens (tertiary/aromatic N) is 1. The molecule has 0 fully saturated rings. The second kappa shape index (κ2) is 15.3. The van der Waals surface area contributed by atoms with Crippen LogP contribution in [0.5, 0.6) is 5.75 Å². The molecule has 0 aliphatic heterocycles. The molecular formula is C31H36N8O7. The van der Waals surface area contributed by atoms with E-state index in [1.54, 1.807) is 6.20 Å². The molecule has 0 aliphatic rings. The van der Waals surface area contributed by atoms with Crippen molar-refractivity contribution in [3.05, 3.63) is 84.1 Å². The van der Waals surface area contributed by atoms with Crippen LogP contribution in [0.1, 0.15) is 29.7 Å². The number of carboxylic acids is 1. The van der Waals surface area contributed by atoms with Gasteiger partial charge in [-0.2, -0.15) is 0 Å². The first-order valence-corrected chi connectivity index (χ1v) is 14.5. The maximum Gasteiger partial charge on any atom is 0.326 e. The van der Waals surface area contributed by atoms with Crippen LogP contribution < -0.4 is 27.4 Å². The van der Waals surface area contributed by atoms with E-state index < -0.39 is 53.8 Å².